The second-order valence-corrected chi connectivity index (χ2v) is 3.10. The van der Waals surface area contributed by atoms with Crippen LogP contribution >= 0.6 is 0 Å². The quantitative estimate of drug-likeness (QED) is 0.601. The molecule has 0 atom stereocenters. The summed E-state index contributed by atoms with van der Waals surface area (Å²) in [4.78, 5) is 21.6. The first-order chi connectivity index (χ1) is 7.70. The van der Waals surface area contributed by atoms with Crippen molar-refractivity contribution in [3.8, 4) is 0 Å². The molecule has 0 aromatic heterocycles. The first kappa shape index (κ1) is 14.9. The molecular weight excluding hydrogens is 216 g/mol. The van der Waals surface area contributed by atoms with Crippen LogP contribution in [0.2, 0.25) is 0 Å². The Morgan fingerprint density at radius 2 is 1.25 bits per heavy atom. The van der Waals surface area contributed by atoms with E-state index in [1.54, 1.807) is 0 Å². The Bertz CT molecular complexity index is 181. The molecule has 1 heterocycles. The lowest BCUT2D eigenvalue weighted by molar-refractivity contribution is -0.152. The maximum Gasteiger partial charge on any atom is 0.306 e. The van der Waals surface area contributed by atoms with Crippen molar-refractivity contribution in [2.24, 2.45) is 0 Å². The molecule has 1 aliphatic rings. The normalized spacial score (nSPS) is 17.6. The van der Waals surface area contributed by atoms with E-state index >= 15 is 0 Å². The molecule has 6 heteroatoms. The molecule has 0 aromatic carbocycles. The molecule has 6 nitrogen and oxygen atoms in total. The van der Waals surface area contributed by atoms with Gasteiger partial charge in [-0.15, -0.1) is 0 Å². The largest absolute Gasteiger partial charge is 0.466 e. The van der Waals surface area contributed by atoms with Crippen molar-refractivity contribution in [3.63, 3.8) is 0 Å². The summed E-state index contributed by atoms with van der Waals surface area (Å²) < 4.78 is 9.64. The summed E-state index contributed by atoms with van der Waals surface area (Å²) in [6.45, 7) is 0.632. The van der Waals surface area contributed by atoms with Crippen LogP contribution in [0.4, 0.5) is 0 Å². The van der Waals surface area contributed by atoms with E-state index in [0.717, 1.165) is 12.8 Å². The Balaban J connectivity index is 0.000000487. The van der Waals surface area contributed by atoms with Crippen LogP contribution in [-0.2, 0) is 19.1 Å². The highest BCUT2D eigenvalue weighted by Gasteiger charge is 2.10. The van der Waals surface area contributed by atoms with E-state index in [0.29, 0.717) is 13.2 Å². The smallest absolute Gasteiger partial charge is 0.306 e. The second-order valence-electron chi connectivity index (χ2n) is 3.10. The van der Waals surface area contributed by atoms with Gasteiger partial charge in [0.05, 0.1) is 39.3 Å². The highest BCUT2D eigenvalue weighted by Crippen LogP contribution is 2.01. The molecular formula is C10H18O6. The number of carbonyl (C=O) groups excluding carboxylic acids is 2. The molecule has 1 aliphatic heterocycles. The monoisotopic (exact) mass is 234 g/mol. The third-order valence-corrected chi connectivity index (χ3v) is 1.70. The minimum atomic E-state index is -0.311. The maximum absolute atomic E-state index is 10.8. The summed E-state index contributed by atoms with van der Waals surface area (Å²) in [5.74, 6) is -0.622. The van der Waals surface area contributed by atoms with Crippen molar-refractivity contribution in [1.29, 1.82) is 0 Å². The highest BCUT2D eigenvalue weighted by atomic mass is 16.5. The fourth-order valence-corrected chi connectivity index (χ4v) is 0.925. The number of ether oxygens (including phenoxy) is 2. The summed E-state index contributed by atoms with van der Waals surface area (Å²) in [5, 5.41) is 15.2. The van der Waals surface area contributed by atoms with E-state index in [1.165, 1.54) is 0 Å². The highest BCUT2D eigenvalue weighted by molar-refractivity contribution is 5.77. The van der Waals surface area contributed by atoms with Gasteiger partial charge in [0.15, 0.2) is 0 Å². The summed E-state index contributed by atoms with van der Waals surface area (Å²) in [5.41, 5.74) is 0. The number of carbonyl (C=O) groups is 2. The van der Waals surface area contributed by atoms with E-state index in [2.05, 4.69) is 0 Å². The Hall–Kier alpha value is -1.14. The van der Waals surface area contributed by atoms with E-state index < -0.39 is 0 Å². The van der Waals surface area contributed by atoms with Crippen molar-refractivity contribution >= 4 is 11.9 Å². The number of aliphatic hydroxyl groups is 2. The van der Waals surface area contributed by atoms with Gasteiger partial charge in [-0.05, 0) is 12.8 Å². The average Bonchev–Trinajstić information content (AvgIpc) is 2.31. The predicted molar refractivity (Wildman–Crippen MR) is 54.6 cm³/mol. The van der Waals surface area contributed by atoms with Crippen LogP contribution < -0.4 is 0 Å². The van der Waals surface area contributed by atoms with Crippen molar-refractivity contribution in [3.05, 3.63) is 0 Å². The number of hydrogen-bond donors (Lipinski definition) is 2. The van der Waals surface area contributed by atoms with E-state index in [-0.39, 0.29) is 38.0 Å². The molecule has 2 N–H and O–H groups in total. The number of aliphatic hydroxyl groups excluding tert-OH is 2. The molecule has 16 heavy (non-hydrogen) atoms. The van der Waals surface area contributed by atoms with Gasteiger partial charge in [-0.25, -0.2) is 0 Å². The lowest BCUT2D eigenvalue weighted by Crippen LogP contribution is -2.14. The average molecular weight is 234 g/mol. The molecule has 0 aromatic rings. The minimum absolute atomic E-state index is 0.125. The summed E-state index contributed by atoms with van der Waals surface area (Å²) in [7, 11) is 0. The Morgan fingerprint density at radius 3 is 1.56 bits per heavy atom. The topological polar surface area (TPSA) is 93.1 Å². The van der Waals surface area contributed by atoms with Crippen LogP contribution in [0.5, 0.6) is 0 Å². The van der Waals surface area contributed by atoms with Crippen molar-refractivity contribution in [1.82, 2.24) is 0 Å². The first-order valence-corrected chi connectivity index (χ1v) is 5.23. The molecule has 0 bridgehead atoms. The molecule has 0 aliphatic carbocycles. The lowest BCUT2D eigenvalue weighted by Gasteiger charge is -2.08. The van der Waals surface area contributed by atoms with Gasteiger partial charge in [0.2, 0.25) is 0 Å². The van der Waals surface area contributed by atoms with Gasteiger partial charge in [-0.1, -0.05) is 0 Å². The van der Waals surface area contributed by atoms with Crippen molar-refractivity contribution < 1.29 is 29.3 Å². The molecule has 0 saturated carbocycles. The zero-order valence-corrected chi connectivity index (χ0v) is 9.18. The third-order valence-electron chi connectivity index (χ3n) is 1.70. The van der Waals surface area contributed by atoms with Gasteiger partial charge in [0.25, 0.3) is 0 Å². The number of hydrogen-bond acceptors (Lipinski definition) is 6. The van der Waals surface area contributed by atoms with Crippen LogP contribution in [0.1, 0.15) is 25.7 Å². The number of esters is 2. The maximum atomic E-state index is 10.8. The van der Waals surface area contributed by atoms with Gasteiger partial charge in [0, 0.05) is 0 Å². The van der Waals surface area contributed by atoms with E-state index in [9.17, 15) is 9.59 Å². The van der Waals surface area contributed by atoms with Crippen LogP contribution in [0.3, 0.4) is 0 Å². The van der Waals surface area contributed by atoms with Crippen LogP contribution in [-0.4, -0.2) is 48.6 Å². The van der Waals surface area contributed by atoms with Crippen LogP contribution in [0.25, 0.3) is 0 Å². The van der Waals surface area contributed by atoms with Gasteiger partial charge in [0.1, 0.15) is 0 Å². The lowest BCUT2D eigenvalue weighted by atomic mass is 10.3. The standard InChI is InChI=1S/C8H12O4.C2H6O2/c9-7-3-4-8(10)12-6-2-1-5-11-7;3-1-2-4/h1-6H2;3-4H,1-2H2. The van der Waals surface area contributed by atoms with E-state index in [4.69, 9.17) is 19.7 Å². The fraction of sp³-hybridized carbons (Fsp3) is 0.800. The summed E-state index contributed by atoms with van der Waals surface area (Å²) >= 11 is 0. The van der Waals surface area contributed by atoms with Gasteiger partial charge in [-0.3, -0.25) is 9.59 Å². The molecule has 0 radical (unpaired) electrons. The first-order valence-electron chi connectivity index (χ1n) is 5.23. The molecule has 0 unspecified atom stereocenters. The van der Waals surface area contributed by atoms with Crippen molar-refractivity contribution in [2.75, 3.05) is 26.4 Å². The minimum Gasteiger partial charge on any atom is -0.466 e. The summed E-state index contributed by atoms with van der Waals surface area (Å²) in [6.07, 6.45) is 1.80. The van der Waals surface area contributed by atoms with Crippen molar-refractivity contribution in [2.45, 2.75) is 25.7 Å². The zero-order chi connectivity index (χ0) is 12.2. The van der Waals surface area contributed by atoms with Gasteiger partial charge in [-0.2, -0.15) is 0 Å². The molecule has 0 amide bonds. The van der Waals surface area contributed by atoms with Gasteiger partial charge >= 0.3 is 11.9 Å². The number of rotatable bonds is 1. The molecule has 94 valence electrons. The third kappa shape index (κ3) is 9.42. The molecule has 1 saturated heterocycles. The van der Waals surface area contributed by atoms with Crippen LogP contribution in [0.15, 0.2) is 0 Å². The SMILES string of the molecule is O=C1CCC(=O)OCCCCO1.OCCO. The van der Waals surface area contributed by atoms with Crippen LogP contribution in [0, 0.1) is 0 Å². The predicted octanol–water partition coefficient (Wildman–Crippen LogP) is -0.382. The summed E-state index contributed by atoms with van der Waals surface area (Å²) in [6, 6.07) is 0. The Morgan fingerprint density at radius 1 is 0.875 bits per heavy atom. The molecule has 1 rings (SSSR count). The Labute approximate surface area is 94.2 Å². The van der Waals surface area contributed by atoms with E-state index in [1.807, 2.05) is 0 Å². The Kier molecular flexibility index (Phi) is 9.64. The molecule has 0 spiro atoms. The number of cyclic esters (lactones) is 2. The molecule has 1 fully saturated rings. The fourth-order valence-electron chi connectivity index (χ4n) is 0.925. The zero-order valence-electron chi connectivity index (χ0n) is 9.18. The second kappa shape index (κ2) is 10.4. The van der Waals surface area contributed by atoms with Gasteiger partial charge < -0.3 is 19.7 Å².